The minimum absolute atomic E-state index is 0.127. The predicted molar refractivity (Wildman–Crippen MR) is 119 cm³/mol. The third-order valence-electron chi connectivity index (χ3n) is 4.88. The smallest absolute Gasteiger partial charge is 0.453 e. The van der Waals surface area contributed by atoms with E-state index in [0.717, 1.165) is 4.88 Å². The van der Waals surface area contributed by atoms with Gasteiger partial charge in [0.15, 0.2) is 0 Å². The third-order valence-corrected chi connectivity index (χ3v) is 7.88. The molecule has 0 spiro atoms. The van der Waals surface area contributed by atoms with Crippen molar-refractivity contribution in [3.63, 3.8) is 0 Å². The lowest BCUT2D eigenvalue weighted by Gasteiger charge is -2.22. The van der Waals surface area contributed by atoms with Gasteiger partial charge in [0.05, 0.1) is 18.0 Å². The quantitative estimate of drug-likeness (QED) is 0.250. The van der Waals surface area contributed by atoms with E-state index in [1.807, 2.05) is 0 Å². The number of thiophene rings is 1. The number of alkyl halides is 5. The molecule has 0 radical (unpaired) electrons. The minimum Gasteiger partial charge on any atom is -0.469 e. The van der Waals surface area contributed by atoms with Crippen molar-refractivity contribution >= 4 is 38.9 Å². The fourth-order valence-electron chi connectivity index (χ4n) is 3.02. The van der Waals surface area contributed by atoms with Crippen LogP contribution in [0.1, 0.15) is 47.9 Å². The Morgan fingerprint density at radius 2 is 1.74 bits per heavy atom. The molecule has 2 rings (SSSR count). The van der Waals surface area contributed by atoms with Crippen LogP contribution in [0.15, 0.2) is 41.3 Å². The highest BCUT2D eigenvalue weighted by Crippen LogP contribution is 2.40. The fourth-order valence-corrected chi connectivity index (χ4v) is 5.61. The number of methoxy groups -OCH3 is 1. The highest BCUT2D eigenvalue weighted by molar-refractivity contribution is 7.89. The van der Waals surface area contributed by atoms with Gasteiger partial charge < -0.3 is 4.74 Å². The zero-order valence-corrected chi connectivity index (χ0v) is 20.4. The highest BCUT2D eigenvalue weighted by atomic mass is 35.5. The number of nitrogens with one attached hydrogen (secondary N) is 1. The predicted octanol–water partition coefficient (Wildman–Crippen LogP) is 6.28. The Balaban J connectivity index is 2.18. The molecule has 1 heterocycles. The average Bonchev–Trinajstić information content (AvgIpc) is 3.21. The topological polar surface area (TPSA) is 72.5 Å². The van der Waals surface area contributed by atoms with E-state index in [-0.39, 0.29) is 23.7 Å². The van der Waals surface area contributed by atoms with E-state index in [4.69, 9.17) is 11.6 Å². The van der Waals surface area contributed by atoms with Gasteiger partial charge in [-0.05, 0) is 62.1 Å². The molecule has 1 aromatic carbocycles. The molecule has 0 amide bonds. The Morgan fingerprint density at radius 3 is 2.32 bits per heavy atom. The van der Waals surface area contributed by atoms with Crippen molar-refractivity contribution in [2.45, 2.75) is 61.6 Å². The van der Waals surface area contributed by atoms with Crippen LogP contribution in [0.25, 0.3) is 0 Å². The summed E-state index contributed by atoms with van der Waals surface area (Å²) < 4.78 is 96.8. The highest BCUT2D eigenvalue weighted by Gasteiger charge is 2.56. The van der Waals surface area contributed by atoms with Crippen molar-refractivity contribution in [3.8, 4) is 0 Å². The van der Waals surface area contributed by atoms with Crippen LogP contribution in [0.5, 0.6) is 0 Å². The van der Waals surface area contributed by atoms with Crippen molar-refractivity contribution in [3.05, 3.63) is 51.2 Å². The van der Waals surface area contributed by atoms with Gasteiger partial charge in [0.1, 0.15) is 0 Å². The zero-order valence-electron chi connectivity index (χ0n) is 18.0. The van der Waals surface area contributed by atoms with Crippen molar-refractivity contribution < 1.29 is 39.9 Å². The van der Waals surface area contributed by atoms with Crippen LogP contribution >= 0.6 is 22.9 Å². The Kier molecular flexibility index (Phi) is 9.87. The lowest BCUT2D eigenvalue weighted by atomic mass is 10.1. The summed E-state index contributed by atoms with van der Waals surface area (Å²) in [4.78, 5) is 12.4. The van der Waals surface area contributed by atoms with E-state index in [2.05, 4.69) is 9.46 Å². The molecule has 0 aliphatic carbocycles. The van der Waals surface area contributed by atoms with Gasteiger partial charge in [0.25, 0.3) is 0 Å². The molecule has 1 atom stereocenters. The van der Waals surface area contributed by atoms with E-state index in [1.54, 1.807) is 12.1 Å². The van der Waals surface area contributed by atoms with Crippen LogP contribution in [0.3, 0.4) is 0 Å². The van der Waals surface area contributed by atoms with Gasteiger partial charge in [0.2, 0.25) is 10.0 Å². The largest absolute Gasteiger partial charge is 0.469 e. The molecule has 1 aromatic heterocycles. The number of rotatable bonds is 12. The van der Waals surface area contributed by atoms with Gasteiger partial charge in [-0.15, -0.1) is 11.3 Å². The number of hydrogen-bond acceptors (Lipinski definition) is 5. The number of esters is 1. The van der Waals surface area contributed by atoms with E-state index < -0.39 is 41.0 Å². The summed E-state index contributed by atoms with van der Waals surface area (Å²) in [5.41, 5.74) is 0. The first-order valence-corrected chi connectivity index (χ1v) is 12.8. The molecule has 1 unspecified atom stereocenters. The summed E-state index contributed by atoms with van der Waals surface area (Å²) in [5, 5.41) is 0.305. The Hall–Kier alpha value is -1.76. The maximum absolute atomic E-state index is 13.4. The first kappa shape index (κ1) is 28.5. The van der Waals surface area contributed by atoms with Gasteiger partial charge in [-0.3, -0.25) is 4.79 Å². The Bertz CT molecular complexity index is 1060. The molecule has 0 saturated heterocycles. The molecular weight excluding hydrogens is 525 g/mol. The summed E-state index contributed by atoms with van der Waals surface area (Å²) in [6.45, 7) is 0. The monoisotopic (exact) mass is 547 g/mol. The number of carbonyl (C=O) groups excluding carboxylic acids is 1. The third kappa shape index (κ3) is 8.17. The first-order chi connectivity index (χ1) is 15.7. The maximum atomic E-state index is 13.4. The van der Waals surface area contributed by atoms with Crippen molar-refractivity contribution in [2.75, 3.05) is 7.11 Å². The minimum atomic E-state index is -5.68. The van der Waals surface area contributed by atoms with Gasteiger partial charge in [0, 0.05) is 27.6 Å². The van der Waals surface area contributed by atoms with Gasteiger partial charge in [-0.25, -0.2) is 13.1 Å². The number of carbonyl (C=O) groups is 1. The van der Waals surface area contributed by atoms with Crippen molar-refractivity contribution in [1.82, 2.24) is 4.72 Å². The normalized spacial score (nSPS) is 13.6. The lowest BCUT2D eigenvalue weighted by Crippen LogP contribution is -2.36. The van der Waals surface area contributed by atoms with Gasteiger partial charge in [-0.2, -0.15) is 22.0 Å². The molecule has 2 aromatic rings. The Morgan fingerprint density at radius 1 is 1.09 bits per heavy atom. The molecule has 0 aliphatic rings. The summed E-state index contributed by atoms with van der Waals surface area (Å²) in [6.07, 6.45) is -6.85. The average molecular weight is 548 g/mol. The molecule has 34 heavy (non-hydrogen) atoms. The second-order valence-electron chi connectivity index (χ2n) is 7.46. The number of ether oxygens (including phenoxy) is 1. The molecule has 13 heteroatoms. The molecule has 1 N–H and O–H groups in total. The Labute approximate surface area is 203 Å². The van der Waals surface area contributed by atoms with E-state index >= 15 is 0 Å². The second kappa shape index (κ2) is 11.8. The van der Waals surface area contributed by atoms with Crippen LogP contribution < -0.4 is 4.72 Å². The molecule has 0 aliphatic heterocycles. The van der Waals surface area contributed by atoms with Crippen LogP contribution in [0.2, 0.25) is 5.02 Å². The lowest BCUT2D eigenvalue weighted by molar-refractivity contribution is -0.284. The second-order valence-corrected chi connectivity index (χ2v) is 10.8. The van der Waals surface area contributed by atoms with E-state index in [0.29, 0.717) is 22.7 Å². The molecule has 0 fully saturated rings. The standard InChI is InChI=1S/C21H23ClF5NO4S2/c1-32-19(29)6-2-4-15-9-12-18(33-15)17(5-3-13-20(23,24)21(25,26)27)28-34(30,31)16-10-7-14(22)8-11-16/h7-12,17,28H,2-6,13H2,1H3. The summed E-state index contributed by atoms with van der Waals surface area (Å²) in [6, 6.07) is 7.50. The van der Waals surface area contributed by atoms with Crippen LogP contribution in [0, 0.1) is 0 Å². The summed E-state index contributed by atoms with van der Waals surface area (Å²) in [5.74, 6) is -5.25. The van der Waals surface area contributed by atoms with E-state index in [9.17, 15) is 35.2 Å². The first-order valence-electron chi connectivity index (χ1n) is 10.1. The van der Waals surface area contributed by atoms with Crippen molar-refractivity contribution in [1.29, 1.82) is 0 Å². The number of hydrogen-bond donors (Lipinski definition) is 1. The van der Waals surface area contributed by atoms with Crippen LogP contribution in [0.4, 0.5) is 22.0 Å². The SMILES string of the molecule is COC(=O)CCCc1ccc(C(CCCC(F)(F)C(F)(F)F)NS(=O)(=O)c2ccc(Cl)cc2)s1. The van der Waals surface area contributed by atoms with Crippen molar-refractivity contribution in [2.24, 2.45) is 0 Å². The maximum Gasteiger partial charge on any atom is 0.453 e. The van der Waals surface area contributed by atoms with Crippen LogP contribution in [-0.2, 0) is 26.0 Å². The molecule has 5 nitrogen and oxygen atoms in total. The molecule has 190 valence electrons. The molecule has 0 saturated carbocycles. The van der Waals surface area contributed by atoms with Gasteiger partial charge >= 0.3 is 18.1 Å². The molecule has 0 bridgehead atoms. The van der Waals surface area contributed by atoms with E-state index in [1.165, 1.54) is 42.7 Å². The van der Waals surface area contributed by atoms with Crippen LogP contribution in [-0.4, -0.2) is 33.6 Å². The number of aryl methyl sites for hydroxylation is 1. The number of benzene rings is 1. The van der Waals surface area contributed by atoms with Gasteiger partial charge in [-0.1, -0.05) is 11.6 Å². The fraction of sp³-hybridized carbons (Fsp3) is 0.476. The molecular formula is C21H23ClF5NO4S2. The number of halogens is 6. The summed E-state index contributed by atoms with van der Waals surface area (Å²) in [7, 11) is -2.84. The number of sulfonamides is 1. The zero-order chi connectivity index (χ0) is 25.6. The summed E-state index contributed by atoms with van der Waals surface area (Å²) >= 11 is 6.97.